The van der Waals surface area contributed by atoms with Crippen LogP contribution in [0.5, 0.6) is 11.5 Å². The molecule has 0 aliphatic carbocycles. The smallest absolute Gasteiger partial charge is 0.193 e. The fraction of sp³-hybridized carbons (Fsp3) is 0.632. The van der Waals surface area contributed by atoms with Crippen LogP contribution in [-0.2, 0) is 11.3 Å². The summed E-state index contributed by atoms with van der Waals surface area (Å²) in [4.78, 5) is 9.37. The summed E-state index contributed by atoms with van der Waals surface area (Å²) in [6, 6.07) is 4.51. The molecule has 0 radical (unpaired) electrons. The molecule has 0 bridgehead atoms. The fourth-order valence-electron chi connectivity index (χ4n) is 3.71. The molecule has 0 amide bonds. The zero-order chi connectivity index (χ0) is 19.2. The van der Waals surface area contributed by atoms with E-state index in [0.717, 1.165) is 61.1 Å². The molecule has 1 aromatic carbocycles. The molecule has 2 aliphatic rings. The number of rotatable bonds is 5. The van der Waals surface area contributed by atoms with Gasteiger partial charge in [-0.15, -0.1) is 24.0 Å². The molecule has 1 atom stereocenters. The Kier molecular flexibility index (Phi) is 9.58. The number of morpholine rings is 1. The summed E-state index contributed by atoms with van der Waals surface area (Å²) in [5, 5.41) is 3.49. The largest absolute Gasteiger partial charge is 0.493 e. The third-order valence-corrected chi connectivity index (χ3v) is 5.96. The lowest BCUT2D eigenvalue weighted by Gasteiger charge is -2.32. The summed E-state index contributed by atoms with van der Waals surface area (Å²) >= 11 is 3.62. The third kappa shape index (κ3) is 5.64. The SMILES string of the molecule is CN=C(NCc1cc(OC)c(OC)cc1Br)N1CCC(N2CCOCC2)C1.I. The second-order valence-corrected chi connectivity index (χ2v) is 7.59. The number of hydrogen-bond donors (Lipinski definition) is 1. The van der Waals surface area contributed by atoms with Gasteiger partial charge < -0.3 is 24.4 Å². The molecule has 2 fully saturated rings. The predicted molar refractivity (Wildman–Crippen MR) is 125 cm³/mol. The van der Waals surface area contributed by atoms with E-state index < -0.39 is 0 Å². The Morgan fingerprint density at radius 2 is 1.89 bits per heavy atom. The minimum atomic E-state index is 0. The summed E-state index contributed by atoms with van der Waals surface area (Å²) < 4.78 is 17.2. The first kappa shape index (κ1) is 23.5. The van der Waals surface area contributed by atoms with E-state index in [1.165, 1.54) is 6.42 Å². The van der Waals surface area contributed by atoms with Crippen molar-refractivity contribution in [3.8, 4) is 11.5 Å². The fourth-order valence-corrected chi connectivity index (χ4v) is 4.18. The standard InChI is InChI=1S/C19H29BrN4O3.HI/c1-21-19(24-5-4-15(13-24)23-6-8-27-9-7-23)22-12-14-10-17(25-2)18(26-3)11-16(14)20;/h10-11,15H,4-9,12-13H2,1-3H3,(H,21,22);1H. The lowest BCUT2D eigenvalue weighted by atomic mass is 10.2. The first-order valence-corrected chi connectivity index (χ1v) is 10.1. The van der Waals surface area contributed by atoms with E-state index >= 15 is 0 Å². The quantitative estimate of drug-likeness (QED) is 0.335. The second kappa shape index (κ2) is 11.4. The van der Waals surface area contributed by atoms with Crippen LogP contribution in [0, 0.1) is 0 Å². The highest BCUT2D eigenvalue weighted by atomic mass is 127. The van der Waals surface area contributed by atoms with Crippen LogP contribution in [-0.4, -0.2) is 82.5 Å². The van der Waals surface area contributed by atoms with Gasteiger partial charge in [-0.05, 0) is 24.1 Å². The molecule has 1 aromatic rings. The van der Waals surface area contributed by atoms with Gasteiger partial charge >= 0.3 is 0 Å². The molecule has 7 nitrogen and oxygen atoms in total. The van der Waals surface area contributed by atoms with Gasteiger partial charge in [0.1, 0.15) is 0 Å². The second-order valence-electron chi connectivity index (χ2n) is 6.74. The lowest BCUT2D eigenvalue weighted by molar-refractivity contribution is 0.0195. The molecule has 28 heavy (non-hydrogen) atoms. The van der Waals surface area contributed by atoms with E-state index in [1.54, 1.807) is 14.2 Å². The molecular weight excluding hydrogens is 539 g/mol. The number of likely N-dealkylation sites (tertiary alicyclic amines) is 1. The lowest BCUT2D eigenvalue weighted by Crippen LogP contribution is -2.46. The Bertz CT molecular complexity index is 671. The topological polar surface area (TPSA) is 58.6 Å². The summed E-state index contributed by atoms with van der Waals surface area (Å²) in [5.74, 6) is 2.37. The van der Waals surface area contributed by atoms with Gasteiger partial charge in [-0.2, -0.15) is 0 Å². The Morgan fingerprint density at radius 3 is 2.54 bits per heavy atom. The molecule has 2 heterocycles. The molecule has 2 aliphatic heterocycles. The van der Waals surface area contributed by atoms with Crippen LogP contribution in [0.25, 0.3) is 0 Å². The normalized spacial score (nSPS) is 20.6. The van der Waals surface area contributed by atoms with Crippen LogP contribution >= 0.6 is 39.9 Å². The number of aliphatic imine (C=N–C) groups is 1. The molecular formula is C19H30BrIN4O3. The van der Waals surface area contributed by atoms with Crippen molar-refractivity contribution in [1.82, 2.24) is 15.1 Å². The van der Waals surface area contributed by atoms with Gasteiger partial charge in [-0.25, -0.2) is 0 Å². The molecule has 2 saturated heterocycles. The van der Waals surface area contributed by atoms with Crippen LogP contribution in [0.1, 0.15) is 12.0 Å². The minimum absolute atomic E-state index is 0. The Morgan fingerprint density at radius 1 is 1.21 bits per heavy atom. The first-order chi connectivity index (χ1) is 13.2. The number of hydrogen-bond acceptors (Lipinski definition) is 5. The van der Waals surface area contributed by atoms with Crippen LogP contribution in [0.4, 0.5) is 0 Å². The van der Waals surface area contributed by atoms with Gasteiger partial charge in [-0.3, -0.25) is 9.89 Å². The Hall–Kier alpha value is -0.780. The van der Waals surface area contributed by atoms with Crippen LogP contribution in [0.3, 0.4) is 0 Å². The average molecular weight is 569 g/mol. The highest BCUT2D eigenvalue weighted by Crippen LogP contribution is 2.33. The number of ether oxygens (including phenoxy) is 3. The minimum Gasteiger partial charge on any atom is -0.493 e. The average Bonchev–Trinajstić information content (AvgIpc) is 3.20. The number of halogens is 2. The van der Waals surface area contributed by atoms with E-state index in [0.29, 0.717) is 18.3 Å². The summed E-state index contributed by atoms with van der Waals surface area (Å²) in [6.07, 6.45) is 1.17. The van der Waals surface area contributed by atoms with Crippen molar-refractivity contribution in [2.45, 2.75) is 19.0 Å². The van der Waals surface area contributed by atoms with E-state index in [9.17, 15) is 0 Å². The van der Waals surface area contributed by atoms with Crippen molar-refractivity contribution in [3.63, 3.8) is 0 Å². The van der Waals surface area contributed by atoms with Gasteiger partial charge in [0.05, 0.1) is 27.4 Å². The molecule has 1 unspecified atom stereocenters. The van der Waals surface area contributed by atoms with Gasteiger partial charge in [-0.1, -0.05) is 15.9 Å². The predicted octanol–water partition coefficient (Wildman–Crippen LogP) is 2.57. The van der Waals surface area contributed by atoms with Gasteiger partial charge in [0, 0.05) is 50.3 Å². The van der Waals surface area contributed by atoms with E-state index in [1.807, 2.05) is 19.2 Å². The number of nitrogens with one attached hydrogen (secondary N) is 1. The zero-order valence-corrected chi connectivity index (χ0v) is 20.7. The molecule has 3 rings (SSSR count). The molecule has 0 aromatic heterocycles. The van der Waals surface area contributed by atoms with Crippen LogP contribution < -0.4 is 14.8 Å². The first-order valence-electron chi connectivity index (χ1n) is 9.34. The number of nitrogens with zero attached hydrogens (tertiary/aromatic N) is 3. The maximum atomic E-state index is 5.47. The van der Waals surface area contributed by atoms with Crippen LogP contribution in [0.15, 0.2) is 21.6 Å². The summed E-state index contributed by atoms with van der Waals surface area (Å²) in [6.45, 7) is 6.44. The summed E-state index contributed by atoms with van der Waals surface area (Å²) in [5.41, 5.74) is 1.10. The van der Waals surface area contributed by atoms with Gasteiger partial charge in [0.2, 0.25) is 0 Å². The highest BCUT2D eigenvalue weighted by molar-refractivity contribution is 14.0. The van der Waals surface area contributed by atoms with Crippen molar-refractivity contribution in [2.75, 3.05) is 60.7 Å². The monoisotopic (exact) mass is 568 g/mol. The zero-order valence-electron chi connectivity index (χ0n) is 16.7. The van der Waals surface area contributed by atoms with Gasteiger partial charge in [0.25, 0.3) is 0 Å². The number of methoxy groups -OCH3 is 2. The van der Waals surface area contributed by atoms with E-state index in [2.05, 4.69) is 36.0 Å². The molecule has 158 valence electrons. The third-order valence-electron chi connectivity index (χ3n) is 5.23. The van der Waals surface area contributed by atoms with Gasteiger partial charge in [0.15, 0.2) is 17.5 Å². The van der Waals surface area contributed by atoms with E-state index in [-0.39, 0.29) is 24.0 Å². The van der Waals surface area contributed by atoms with E-state index in [4.69, 9.17) is 14.2 Å². The van der Waals surface area contributed by atoms with Crippen LogP contribution in [0.2, 0.25) is 0 Å². The van der Waals surface area contributed by atoms with Crippen molar-refractivity contribution in [3.05, 3.63) is 22.2 Å². The van der Waals surface area contributed by atoms with Crippen molar-refractivity contribution in [2.24, 2.45) is 4.99 Å². The molecule has 1 N–H and O–H groups in total. The van der Waals surface area contributed by atoms with Crippen molar-refractivity contribution >= 4 is 45.9 Å². The Labute approximate surface area is 192 Å². The maximum Gasteiger partial charge on any atom is 0.193 e. The molecule has 0 saturated carbocycles. The molecule has 9 heteroatoms. The Balaban J connectivity index is 0.00000280. The van der Waals surface area contributed by atoms with Crippen molar-refractivity contribution in [1.29, 1.82) is 0 Å². The maximum absolute atomic E-state index is 5.47. The number of benzene rings is 1. The molecule has 0 spiro atoms. The van der Waals surface area contributed by atoms with Crippen molar-refractivity contribution < 1.29 is 14.2 Å². The summed E-state index contributed by atoms with van der Waals surface area (Å²) in [7, 11) is 5.13. The highest BCUT2D eigenvalue weighted by Gasteiger charge is 2.30. The number of guanidine groups is 1.